The van der Waals surface area contributed by atoms with Crippen LogP contribution in [0.3, 0.4) is 0 Å². The van der Waals surface area contributed by atoms with Gasteiger partial charge in [0, 0.05) is 70.7 Å². The van der Waals surface area contributed by atoms with Gasteiger partial charge in [-0.2, -0.15) is 4.68 Å². The number of hydrogen-bond donors (Lipinski definition) is 3. The molecule has 67 heavy (non-hydrogen) atoms. The molecule has 8 heterocycles. The second-order valence-electron chi connectivity index (χ2n) is 17.9. The zero-order chi connectivity index (χ0) is 46.6. The number of nitrogens with one attached hydrogen (secondary N) is 2. The highest BCUT2D eigenvalue weighted by molar-refractivity contribution is 6.45. The van der Waals surface area contributed by atoms with E-state index in [4.69, 9.17) is 5.73 Å². The van der Waals surface area contributed by atoms with Crippen molar-refractivity contribution < 1.29 is 37.5 Å². The molecule has 4 fully saturated rings. The lowest BCUT2D eigenvalue weighted by Gasteiger charge is -2.38. The van der Waals surface area contributed by atoms with E-state index in [-0.39, 0.29) is 121 Å². The number of nitrogens with zero attached hydrogens (tertiary/aromatic N) is 12. The first kappa shape index (κ1) is 43.6. The molecule has 0 radical (unpaired) electrons. The lowest BCUT2D eigenvalue weighted by atomic mass is 9.79. The Morgan fingerprint density at radius 3 is 1.75 bits per heavy atom. The van der Waals surface area contributed by atoms with Gasteiger partial charge in [0.2, 0.25) is 11.8 Å². The zero-order valence-electron chi connectivity index (χ0n) is 36.4. The van der Waals surface area contributed by atoms with Crippen LogP contribution in [-0.4, -0.2) is 163 Å². The Bertz CT molecular complexity index is 2920. The molecule has 2 aliphatic heterocycles. The van der Waals surface area contributed by atoms with E-state index in [0.717, 1.165) is 38.1 Å². The summed E-state index contributed by atoms with van der Waals surface area (Å²) in [6.45, 7) is 1.65. The molecule has 4 N–H and O–H groups in total. The Morgan fingerprint density at radius 1 is 0.687 bits per heavy atom. The van der Waals surface area contributed by atoms with E-state index in [1.54, 1.807) is 16.0 Å². The number of ketones is 2. The van der Waals surface area contributed by atoms with Gasteiger partial charge in [-0.25, -0.2) is 23.4 Å². The van der Waals surface area contributed by atoms with Gasteiger partial charge in [-0.15, -0.1) is 10.2 Å². The molecule has 0 unspecified atom stereocenters. The summed E-state index contributed by atoms with van der Waals surface area (Å²) < 4.78 is 33.1. The van der Waals surface area contributed by atoms with Crippen LogP contribution >= 0.6 is 0 Å². The van der Waals surface area contributed by atoms with Gasteiger partial charge in [0.05, 0.1) is 75.1 Å². The quantitative estimate of drug-likeness (QED) is 0.131. The summed E-state index contributed by atoms with van der Waals surface area (Å²) in [5, 5.41) is 16.1. The average Bonchev–Trinajstić information content (AvgIpc) is 4.23. The normalized spacial score (nSPS) is 19.9. The molecule has 4 amide bonds. The number of piperazine rings is 2. The fourth-order valence-electron chi connectivity index (χ4n) is 10.2. The van der Waals surface area contributed by atoms with Crippen molar-refractivity contribution in [2.75, 3.05) is 52.4 Å². The molecule has 2 aliphatic carbocycles. The minimum atomic E-state index is -0.885. The van der Waals surface area contributed by atoms with Crippen molar-refractivity contribution in [1.82, 2.24) is 69.5 Å². The third kappa shape index (κ3) is 7.99. The number of carbonyl (C=O) groups is 6. The van der Waals surface area contributed by atoms with Crippen LogP contribution in [0.2, 0.25) is 0 Å². The van der Waals surface area contributed by atoms with Crippen LogP contribution in [0.1, 0.15) is 77.8 Å². The molecule has 6 aromatic heterocycles. The van der Waals surface area contributed by atoms with E-state index in [0.29, 0.717) is 37.8 Å². The molecule has 348 valence electrons. The molecule has 21 nitrogen and oxygen atoms in total. The van der Waals surface area contributed by atoms with E-state index in [9.17, 15) is 33.2 Å². The molecule has 0 atom stereocenters. The minimum absolute atomic E-state index is 0.00479. The Hall–Kier alpha value is -7.30. The third-order valence-corrected chi connectivity index (χ3v) is 13.9. The fourth-order valence-corrected chi connectivity index (χ4v) is 10.2. The van der Waals surface area contributed by atoms with Gasteiger partial charge in [0.1, 0.15) is 0 Å². The van der Waals surface area contributed by atoms with Crippen molar-refractivity contribution in [3.05, 3.63) is 71.8 Å². The Kier molecular flexibility index (Phi) is 11.4. The summed E-state index contributed by atoms with van der Waals surface area (Å²) in [5.41, 5.74) is 6.26. The van der Waals surface area contributed by atoms with Crippen molar-refractivity contribution in [3.63, 3.8) is 0 Å². The molecule has 2 saturated heterocycles. The predicted octanol–water partition coefficient (Wildman–Crippen LogP) is 1.91. The van der Waals surface area contributed by atoms with Gasteiger partial charge in [0.25, 0.3) is 23.4 Å². The maximum atomic E-state index is 15.4. The van der Waals surface area contributed by atoms with Crippen LogP contribution in [0.5, 0.6) is 0 Å². The Labute approximate surface area is 380 Å². The molecule has 10 rings (SSSR count). The Morgan fingerprint density at radius 2 is 1.21 bits per heavy atom. The summed E-state index contributed by atoms with van der Waals surface area (Å²) in [4.78, 5) is 101. The van der Waals surface area contributed by atoms with Crippen molar-refractivity contribution in [3.8, 4) is 11.6 Å². The van der Waals surface area contributed by atoms with Crippen LogP contribution in [-0.2, 0) is 25.6 Å². The van der Waals surface area contributed by atoms with Crippen molar-refractivity contribution >= 4 is 57.0 Å². The number of nitrogens with two attached hydrogens (primary N) is 1. The monoisotopic (exact) mass is 919 g/mol. The van der Waals surface area contributed by atoms with Crippen molar-refractivity contribution in [2.24, 2.45) is 17.6 Å². The number of amides is 4. The number of aromatic nitrogens is 10. The third-order valence-electron chi connectivity index (χ3n) is 13.9. The average molecular weight is 920 g/mol. The topological polar surface area (TPSA) is 260 Å². The SMILES string of the molecule is NC1(C(=O)N2CCN(C(=O)C(=O)c3c[nH]c4c(-n5cc(CC6CCC(C(=O)N7CCN(C(=O)C(=O)c8c[nH]c9c(-n%10ccnn%10)ncc(F)c89)CC7)CC6)nn5)ncc(F)c34)CC2)CCCC1. The number of rotatable bonds is 10. The highest BCUT2D eigenvalue weighted by atomic mass is 19.1. The zero-order valence-corrected chi connectivity index (χ0v) is 36.4. The number of aromatic amines is 2. The number of hydrogen-bond acceptors (Lipinski definition) is 13. The van der Waals surface area contributed by atoms with Crippen LogP contribution < -0.4 is 5.73 Å². The van der Waals surface area contributed by atoms with Crippen molar-refractivity contribution in [1.29, 1.82) is 0 Å². The van der Waals surface area contributed by atoms with Crippen LogP contribution in [0.25, 0.3) is 33.4 Å². The number of pyridine rings is 2. The first-order valence-corrected chi connectivity index (χ1v) is 22.5. The van der Waals surface area contributed by atoms with Gasteiger partial charge >= 0.3 is 0 Å². The summed E-state index contributed by atoms with van der Waals surface area (Å²) >= 11 is 0. The minimum Gasteiger partial charge on any atom is -0.357 e. The van der Waals surface area contributed by atoms with Gasteiger partial charge in [-0.05, 0) is 50.9 Å². The number of fused-ring (bicyclic) bond motifs is 2. The lowest BCUT2D eigenvalue weighted by molar-refractivity contribution is -0.141. The molecule has 2 saturated carbocycles. The molecular formula is C44H47F2N15O6. The van der Waals surface area contributed by atoms with Crippen LogP contribution in [0.4, 0.5) is 8.78 Å². The number of Topliss-reactive ketones (excluding diaryl/α,β-unsaturated/α-hetero) is 2. The van der Waals surface area contributed by atoms with Gasteiger partial charge in [-0.3, -0.25) is 28.8 Å². The largest absolute Gasteiger partial charge is 0.357 e. The predicted molar refractivity (Wildman–Crippen MR) is 231 cm³/mol. The first-order valence-electron chi connectivity index (χ1n) is 22.5. The smallest absolute Gasteiger partial charge is 0.295 e. The summed E-state index contributed by atoms with van der Waals surface area (Å²) in [7, 11) is 0. The Balaban J connectivity index is 0.713. The maximum Gasteiger partial charge on any atom is 0.295 e. The van der Waals surface area contributed by atoms with E-state index < -0.39 is 40.6 Å². The molecule has 4 aliphatic rings. The highest BCUT2D eigenvalue weighted by Gasteiger charge is 2.42. The fraction of sp³-hybridized carbons (Fsp3) is 0.455. The number of carbonyl (C=O) groups excluding carboxylic acids is 6. The van der Waals surface area contributed by atoms with Gasteiger partial charge < -0.3 is 35.3 Å². The van der Waals surface area contributed by atoms with Gasteiger partial charge in [0.15, 0.2) is 23.3 Å². The van der Waals surface area contributed by atoms with E-state index >= 15 is 4.39 Å². The summed E-state index contributed by atoms with van der Waals surface area (Å²) in [6.07, 6.45) is 15.6. The van der Waals surface area contributed by atoms with Crippen LogP contribution in [0, 0.1) is 23.5 Å². The van der Waals surface area contributed by atoms with Crippen LogP contribution in [0.15, 0.2) is 43.4 Å². The molecule has 0 aromatic carbocycles. The molecule has 0 bridgehead atoms. The van der Waals surface area contributed by atoms with Crippen molar-refractivity contribution in [2.45, 2.75) is 63.3 Å². The molecule has 0 spiro atoms. The lowest BCUT2D eigenvalue weighted by Crippen LogP contribution is -2.59. The number of halogens is 2. The first-order chi connectivity index (χ1) is 32.4. The molecule has 6 aromatic rings. The maximum absolute atomic E-state index is 15.4. The summed E-state index contributed by atoms with van der Waals surface area (Å²) in [5.74, 6) is -4.58. The molecular weight excluding hydrogens is 873 g/mol. The van der Waals surface area contributed by atoms with E-state index in [2.05, 4.69) is 40.6 Å². The second-order valence-corrected chi connectivity index (χ2v) is 17.9. The summed E-state index contributed by atoms with van der Waals surface area (Å²) in [6, 6.07) is 0. The standard InChI is InChI=1S/C44H47F2N15O6/c45-30-22-50-38(60-10-9-52-54-60)34-32(30)28(20-48-34)36(62)41(65)57-13-11-56(12-14-57)40(64)26-5-3-25(4-6-26)19-27-24-61(55-53-27)39-35-33(31(46)23-51-39)29(21-49-35)37(63)42(66)58-15-17-59(18-16-58)43(67)44(47)7-1-2-8-44/h9-10,20-26,48-49H,1-8,11-19,47H2. The van der Waals surface area contributed by atoms with Gasteiger partial charge in [-0.1, -0.05) is 23.3 Å². The number of H-pyrrole nitrogens is 2. The highest BCUT2D eigenvalue weighted by Crippen LogP contribution is 2.34. The van der Waals surface area contributed by atoms with E-state index in [1.165, 1.54) is 44.0 Å². The van der Waals surface area contributed by atoms with E-state index in [1.807, 2.05) is 0 Å². The second kappa shape index (κ2) is 17.5. The molecule has 23 heteroatoms.